The topological polar surface area (TPSA) is 55.3 Å². The van der Waals surface area contributed by atoms with Crippen LogP contribution >= 0.6 is 15.9 Å². The maximum atomic E-state index is 11.9. The van der Waals surface area contributed by atoms with Gasteiger partial charge in [-0.3, -0.25) is 9.88 Å². The fourth-order valence-corrected chi connectivity index (χ4v) is 1.93. The van der Waals surface area contributed by atoms with E-state index in [0.29, 0.717) is 11.1 Å². The number of carbonyl (C=O) groups excluding carboxylic acids is 1. The number of likely N-dealkylation sites (tertiary alicyclic amines) is 1. The van der Waals surface area contributed by atoms with E-state index in [0.717, 1.165) is 12.1 Å². The molecular formula is C12H16BrN3O2. The Kier molecular flexibility index (Phi) is 3.56. The molecule has 1 fully saturated rings. The summed E-state index contributed by atoms with van der Waals surface area (Å²) in [4.78, 5) is 22.0. The molecule has 18 heavy (non-hydrogen) atoms. The first kappa shape index (κ1) is 13.3. The van der Waals surface area contributed by atoms with Gasteiger partial charge in [0.25, 0.3) is 0 Å². The third-order valence-electron chi connectivity index (χ3n) is 2.63. The van der Waals surface area contributed by atoms with Gasteiger partial charge in [0, 0.05) is 6.54 Å². The molecule has 1 saturated heterocycles. The lowest BCUT2D eigenvalue weighted by Gasteiger charge is -2.40. The van der Waals surface area contributed by atoms with Crippen molar-refractivity contribution < 1.29 is 9.53 Å². The van der Waals surface area contributed by atoms with Crippen LogP contribution in [0.3, 0.4) is 0 Å². The lowest BCUT2D eigenvalue weighted by molar-refractivity contribution is -0.00659. The first-order valence-corrected chi connectivity index (χ1v) is 6.63. The normalized spacial score (nSPS) is 19.3. The van der Waals surface area contributed by atoms with Crippen molar-refractivity contribution in [3.05, 3.63) is 22.7 Å². The Morgan fingerprint density at radius 3 is 2.61 bits per heavy atom. The molecule has 1 aromatic heterocycles. The molecule has 0 spiro atoms. The Morgan fingerprint density at radius 2 is 2.17 bits per heavy atom. The molecule has 0 aromatic carbocycles. The second-order valence-electron chi connectivity index (χ2n) is 5.24. The minimum atomic E-state index is -0.470. The fourth-order valence-electron chi connectivity index (χ4n) is 1.73. The van der Waals surface area contributed by atoms with Gasteiger partial charge in [-0.1, -0.05) is 0 Å². The number of hydrogen-bond donors (Lipinski definition) is 0. The van der Waals surface area contributed by atoms with Gasteiger partial charge in [-0.25, -0.2) is 9.78 Å². The number of ether oxygens (including phenoxy) is 1. The van der Waals surface area contributed by atoms with Crippen molar-refractivity contribution in [2.75, 3.05) is 6.54 Å². The van der Waals surface area contributed by atoms with Crippen LogP contribution in [0.2, 0.25) is 0 Å². The second-order valence-corrected chi connectivity index (χ2v) is 6.05. The molecule has 98 valence electrons. The van der Waals surface area contributed by atoms with Crippen molar-refractivity contribution >= 4 is 22.0 Å². The fraction of sp³-hybridized carbons (Fsp3) is 0.583. The van der Waals surface area contributed by atoms with Gasteiger partial charge < -0.3 is 4.74 Å². The third-order valence-corrected chi connectivity index (χ3v) is 3.04. The molecule has 0 N–H and O–H groups in total. The summed E-state index contributed by atoms with van der Waals surface area (Å²) in [6.07, 6.45) is 3.94. The summed E-state index contributed by atoms with van der Waals surface area (Å²) in [6.45, 7) is 6.29. The van der Waals surface area contributed by atoms with Crippen LogP contribution in [-0.4, -0.2) is 33.1 Å². The van der Waals surface area contributed by atoms with E-state index >= 15 is 0 Å². The van der Waals surface area contributed by atoms with Crippen LogP contribution < -0.4 is 0 Å². The van der Waals surface area contributed by atoms with Crippen molar-refractivity contribution in [2.24, 2.45) is 0 Å². The van der Waals surface area contributed by atoms with Crippen molar-refractivity contribution in [2.45, 2.75) is 38.8 Å². The highest BCUT2D eigenvalue weighted by Gasteiger charge is 2.37. The molecular weight excluding hydrogens is 298 g/mol. The van der Waals surface area contributed by atoms with Crippen molar-refractivity contribution in [1.82, 2.24) is 14.9 Å². The van der Waals surface area contributed by atoms with Gasteiger partial charge in [-0.15, -0.1) is 0 Å². The number of nitrogens with zero attached hydrogens (tertiary/aromatic N) is 3. The molecule has 0 radical (unpaired) electrons. The average Bonchev–Trinajstić information content (AvgIpc) is 2.16. The standard InChI is InChI=1S/C12H16BrN3O2/c1-12(2,3)18-11(17)16-5-4-9(16)8-6-15-10(13)7-14-8/h6-7,9H,4-5H2,1-3H3. The van der Waals surface area contributed by atoms with E-state index in [1.165, 1.54) is 0 Å². The zero-order valence-electron chi connectivity index (χ0n) is 10.7. The minimum Gasteiger partial charge on any atom is -0.444 e. The lowest BCUT2D eigenvalue weighted by Crippen LogP contribution is -2.47. The second kappa shape index (κ2) is 4.84. The van der Waals surface area contributed by atoms with Crippen molar-refractivity contribution in [3.8, 4) is 0 Å². The van der Waals surface area contributed by atoms with Crippen LogP contribution in [0, 0.1) is 0 Å². The van der Waals surface area contributed by atoms with Gasteiger partial charge in [-0.05, 0) is 43.1 Å². The number of rotatable bonds is 1. The molecule has 2 rings (SSSR count). The molecule has 5 nitrogen and oxygen atoms in total. The van der Waals surface area contributed by atoms with Crippen LogP contribution in [0.5, 0.6) is 0 Å². The first-order chi connectivity index (χ1) is 8.37. The molecule has 6 heteroatoms. The molecule has 0 bridgehead atoms. The van der Waals surface area contributed by atoms with E-state index in [9.17, 15) is 4.79 Å². The summed E-state index contributed by atoms with van der Waals surface area (Å²) in [5.74, 6) is 0. The number of aromatic nitrogens is 2. The largest absolute Gasteiger partial charge is 0.444 e. The molecule has 2 heterocycles. The zero-order valence-corrected chi connectivity index (χ0v) is 12.3. The molecule has 1 amide bonds. The van der Waals surface area contributed by atoms with Gasteiger partial charge in [0.05, 0.1) is 24.1 Å². The van der Waals surface area contributed by atoms with E-state index in [1.54, 1.807) is 17.3 Å². The Labute approximate surface area is 115 Å². The van der Waals surface area contributed by atoms with E-state index in [1.807, 2.05) is 20.8 Å². The highest BCUT2D eigenvalue weighted by molar-refractivity contribution is 9.10. The maximum absolute atomic E-state index is 11.9. The SMILES string of the molecule is CC(C)(C)OC(=O)N1CCC1c1cnc(Br)cn1. The molecule has 1 atom stereocenters. The summed E-state index contributed by atoms with van der Waals surface area (Å²) in [5, 5.41) is 0. The molecule has 1 aromatic rings. The predicted molar refractivity (Wildman–Crippen MR) is 70.0 cm³/mol. The monoisotopic (exact) mass is 313 g/mol. The Balaban J connectivity index is 2.04. The van der Waals surface area contributed by atoms with Crippen LogP contribution in [0.1, 0.15) is 38.9 Å². The molecule has 1 unspecified atom stereocenters. The number of amides is 1. The van der Waals surface area contributed by atoms with E-state index in [-0.39, 0.29) is 12.1 Å². The first-order valence-electron chi connectivity index (χ1n) is 5.84. The smallest absolute Gasteiger partial charge is 0.410 e. The zero-order chi connectivity index (χ0) is 13.3. The average molecular weight is 314 g/mol. The lowest BCUT2D eigenvalue weighted by atomic mass is 10.0. The van der Waals surface area contributed by atoms with Gasteiger partial charge in [0.2, 0.25) is 0 Å². The van der Waals surface area contributed by atoms with Crippen LogP contribution in [0.25, 0.3) is 0 Å². The van der Waals surface area contributed by atoms with E-state index < -0.39 is 5.60 Å². The van der Waals surface area contributed by atoms with Crippen LogP contribution in [0.4, 0.5) is 4.79 Å². The number of halogens is 1. The van der Waals surface area contributed by atoms with Gasteiger partial charge in [0.1, 0.15) is 10.2 Å². The van der Waals surface area contributed by atoms with Crippen molar-refractivity contribution in [3.63, 3.8) is 0 Å². The van der Waals surface area contributed by atoms with Gasteiger partial charge >= 0.3 is 6.09 Å². The highest BCUT2D eigenvalue weighted by Crippen LogP contribution is 2.33. The molecule has 0 saturated carbocycles. The third kappa shape index (κ3) is 2.98. The summed E-state index contributed by atoms with van der Waals surface area (Å²) in [5.41, 5.74) is 0.332. The molecule has 0 aliphatic carbocycles. The summed E-state index contributed by atoms with van der Waals surface area (Å²) < 4.78 is 6.04. The Bertz CT molecular complexity index is 442. The van der Waals surface area contributed by atoms with Gasteiger partial charge in [0.15, 0.2) is 0 Å². The van der Waals surface area contributed by atoms with E-state index in [4.69, 9.17) is 4.74 Å². The van der Waals surface area contributed by atoms with Crippen molar-refractivity contribution in [1.29, 1.82) is 0 Å². The predicted octanol–water partition coefficient (Wildman–Crippen LogP) is 2.92. The Morgan fingerprint density at radius 1 is 1.44 bits per heavy atom. The van der Waals surface area contributed by atoms with Gasteiger partial charge in [-0.2, -0.15) is 0 Å². The highest BCUT2D eigenvalue weighted by atomic mass is 79.9. The van der Waals surface area contributed by atoms with Crippen LogP contribution in [-0.2, 0) is 4.74 Å². The molecule has 1 aliphatic rings. The summed E-state index contributed by atoms with van der Waals surface area (Å²) in [7, 11) is 0. The summed E-state index contributed by atoms with van der Waals surface area (Å²) in [6, 6.07) is -0.0135. The summed E-state index contributed by atoms with van der Waals surface area (Å²) >= 11 is 3.24. The number of hydrogen-bond acceptors (Lipinski definition) is 4. The van der Waals surface area contributed by atoms with Crippen LogP contribution in [0.15, 0.2) is 17.0 Å². The minimum absolute atomic E-state index is 0.0135. The molecule has 1 aliphatic heterocycles. The number of carbonyl (C=O) groups is 1. The van der Waals surface area contributed by atoms with E-state index in [2.05, 4.69) is 25.9 Å². The Hall–Kier alpha value is -1.17. The maximum Gasteiger partial charge on any atom is 0.410 e. The quantitative estimate of drug-likeness (QED) is 0.800.